The molecule has 1 heteroatoms. The number of benzene rings is 12. The van der Waals surface area contributed by atoms with Gasteiger partial charge in [0.05, 0.1) is 5.52 Å². The van der Waals surface area contributed by atoms with Gasteiger partial charge in [-0.3, -0.25) is 0 Å². The van der Waals surface area contributed by atoms with E-state index in [4.69, 9.17) is 0 Å². The smallest absolute Gasteiger partial charge is 0.0535 e. The van der Waals surface area contributed by atoms with E-state index in [9.17, 15) is 0 Å². The third kappa shape index (κ3) is 7.66. The fraction of sp³-hybridized carbons (Fsp3) is 0.0278. The lowest BCUT2D eigenvalue weighted by molar-refractivity contribution is 0.857. The van der Waals surface area contributed by atoms with Crippen molar-refractivity contribution in [3.05, 3.63) is 290 Å². The first kappa shape index (κ1) is 42.6. The van der Waals surface area contributed by atoms with Crippen LogP contribution in [0.2, 0.25) is 0 Å². The molecule has 1 nitrogen and oxygen atoms in total. The molecule has 0 saturated heterocycles. The van der Waals surface area contributed by atoms with Gasteiger partial charge in [0.15, 0.2) is 0 Å². The monoisotopic (exact) mass is 927 g/mol. The minimum Gasteiger partial charge on any atom is -0.316 e. The third-order valence-electron chi connectivity index (χ3n) is 15.4. The molecule has 1 aliphatic rings. The maximum Gasteiger partial charge on any atom is 0.0535 e. The summed E-state index contributed by atoms with van der Waals surface area (Å²) in [6.45, 7) is 0. The van der Waals surface area contributed by atoms with Crippen LogP contribution in [-0.4, -0.2) is 4.57 Å². The van der Waals surface area contributed by atoms with Crippen LogP contribution in [-0.2, 0) is 0 Å². The predicted molar refractivity (Wildman–Crippen MR) is 311 cm³/mol. The Hall–Kier alpha value is -9.30. The van der Waals surface area contributed by atoms with Crippen LogP contribution in [0.5, 0.6) is 0 Å². The second-order valence-electron chi connectivity index (χ2n) is 19.6. The zero-order valence-corrected chi connectivity index (χ0v) is 40.3. The molecule has 13 aromatic rings. The van der Waals surface area contributed by atoms with Crippen LogP contribution in [0.15, 0.2) is 279 Å². The number of rotatable bonds is 8. The minimum atomic E-state index is 0.318. The molecule has 1 atom stereocenters. The van der Waals surface area contributed by atoms with E-state index in [0.717, 1.165) is 12.1 Å². The summed E-state index contributed by atoms with van der Waals surface area (Å²) in [4.78, 5) is 0. The lowest BCUT2D eigenvalue weighted by atomic mass is 9.86. The number of nitrogens with zero attached hydrogens (tertiary/aromatic N) is 1. The summed E-state index contributed by atoms with van der Waals surface area (Å²) in [6.07, 6.45) is 10.4. The Morgan fingerprint density at radius 3 is 1.30 bits per heavy atom. The number of aromatic nitrogens is 1. The van der Waals surface area contributed by atoms with Gasteiger partial charge in [-0.25, -0.2) is 0 Å². The maximum absolute atomic E-state index is 2.43. The molecule has 0 aliphatic heterocycles. The van der Waals surface area contributed by atoms with E-state index in [1.165, 1.54) is 126 Å². The lowest BCUT2D eigenvalue weighted by Gasteiger charge is -2.18. The van der Waals surface area contributed by atoms with Crippen molar-refractivity contribution in [3.8, 4) is 61.3 Å². The van der Waals surface area contributed by atoms with Gasteiger partial charge in [-0.2, -0.15) is 0 Å². The van der Waals surface area contributed by atoms with Crippen molar-refractivity contribution in [1.82, 2.24) is 4.57 Å². The van der Waals surface area contributed by atoms with Crippen LogP contribution in [0.1, 0.15) is 23.5 Å². The van der Waals surface area contributed by atoms with Crippen molar-refractivity contribution in [2.75, 3.05) is 0 Å². The largest absolute Gasteiger partial charge is 0.316 e. The normalized spacial score (nSPS) is 13.6. The van der Waals surface area contributed by atoms with E-state index in [0.29, 0.717) is 5.92 Å². The predicted octanol–water partition coefficient (Wildman–Crippen LogP) is 19.7. The molecule has 1 aliphatic carbocycles. The van der Waals surface area contributed by atoms with Gasteiger partial charge < -0.3 is 4.57 Å². The summed E-state index contributed by atoms with van der Waals surface area (Å²) >= 11 is 0. The van der Waals surface area contributed by atoms with Crippen LogP contribution in [0.3, 0.4) is 0 Å². The van der Waals surface area contributed by atoms with Crippen LogP contribution in [0.4, 0.5) is 0 Å². The Balaban J connectivity index is 0.770. The Morgan fingerprint density at radius 1 is 0.315 bits per heavy atom. The molecule has 1 heterocycles. The van der Waals surface area contributed by atoms with Crippen LogP contribution < -0.4 is 0 Å². The summed E-state index contributed by atoms with van der Waals surface area (Å²) in [7, 11) is 0. The fourth-order valence-corrected chi connectivity index (χ4v) is 11.6. The summed E-state index contributed by atoms with van der Waals surface area (Å²) in [5, 5.41) is 11.5. The zero-order valence-electron chi connectivity index (χ0n) is 40.3. The minimum absolute atomic E-state index is 0.318. The first-order valence-corrected chi connectivity index (χ1v) is 25.5. The third-order valence-corrected chi connectivity index (χ3v) is 15.4. The van der Waals surface area contributed by atoms with E-state index in [2.05, 4.69) is 284 Å². The van der Waals surface area contributed by atoms with Crippen LogP contribution >= 0.6 is 0 Å². The van der Waals surface area contributed by atoms with Gasteiger partial charge in [0, 0.05) is 28.8 Å². The van der Waals surface area contributed by atoms with Crippen molar-refractivity contribution in [2.45, 2.75) is 12.3 Å². The molecule has 0 saturated carbocycles. The standard InChI is InChI=1S/C72H49N/c1-2-12-48(13-3-1)53-38-41-61(42-39-53)73-47-71(57-36-30-52(31-37-57)51-28-34-56(35-29-51)69-46-60-15-5-7-17-63(60)65-19-9-11-21-67(65)69)70-44-58(40-43-72(70)73)54-24-22-49(23-25-54)50-26-32-55(33-27-50)68-45-59-14-4-6-16-62(59)64-18-8-10-20-66(64)68/h1-22,24-47,49H,23H2. The number of hydrogen-bond acceptors (Lipinski definition) is 0. The van der Waals surface area contributed by atoms with Gasteiger partial charge >= 0.3 is 0 Å². The summed E-state index contributed by atoms with van der Waals surface area (Å²) < 4.78 is 2.36. The highest BCUT2D eigenvalue weighted by Crippen LogP contribution is 2.41. The van der Waals surface area contributed by atoms with Gasteiger partial charge in [-0.1, -0.05) is 237 Å². The maximum atomic E-state index is 2.43. The summed E-state index contributed by atoms with van der Waals surface area (Å²) in [5.41, 5.74) is 18.4. The highest BCUT2D eigenvalue weighted by molar-refractivity contribution is 6.15. The zero-order chi connectivity index (χ0) is 48.2. The highest BCUT2D eigenvalue weighted by Gasteiger charge is 2.18. The SMILES string of the molecule is C1=CC(c2ccc(-c3cc4ccccc4c4ccccc34)cc2)CC=C1c1ccc2c(c1)c(-c1ccc(-c3ccc(-c4cc5ccccc5c5ccccc45)cc3)cc1)cn2-c1ccc(-c2ccccc2)cc1. The van der Waals surface area contributed by atoms with Gasteiger partial charge in [0.1, 0.15) is 0 Å². The second kappa shape index (κ2) is 17.8. The van der Waals surface area contributed by atoms with Gasteiger partial charge in [0.2, 0.25) is 0 Å². The molecule has 342 valence electrons. The molecule has 1 aromatic heterocycles. The molecule has 0 bridgehead atoms. The molecule has 14 rings (SSSR count). The van der Waals surface area contributed by atoms with Gasteiger partial charge in [0.25, 0.3) is 0 Å². The van der Waals surface area contributed by atoms with E-state index in [1.807, 2.05) is 0 Å². The van der Waals surface area contributed by atoms with E-state index < -0.39 is 0 Å². The van der Waals surface area contributed by atoms with E-state index in [-0.39, 0.29) is 0 Å². The van der Waals surface area contributed by atoms with Crippen molar-refractivity contribution in [1.29, 1.82) is 0 Å². The molecule has 0 radical (unpaired) electrons. The quantitative estimate of drug-likeness (QED) is 0.134. The highest BCUT2D eigenvalue weighted by atomic mass is 15.0. The van der Waals surface area contributed by atoms with E-state index >= 15 is 0 Å². The molecule has 0 N–H and O–H groups in total. The molecular weight excluding hydrogens is 879 g/mol. The average Bonchev–Trinajstić information content (AvgIpc) is 3.87. The van der Waals surface area contributed by atoms with Gasteiger partial charge in [-0.15, -0.1) is 0 Å². The first-order chi connectivity index (χ1) is 36.2. The van der Waals surface area contributed by atoms with Crippen molar-refractivity contribution < 1.29 is 0 Å². The van der Waals surface area contributed by atoms with Crippen molar-refractivity contribution in [2.24, 2.45) is 0 Å². The van der Waals surface area contributed by atoms with Gasteiger partial charge in [-0.05, 0) is 153 Å². The molecular formula is C72H49N. The van der Waals surface area contributed by atoms with Crippen molar-refractivity contribution >= 4 is 59.6 Å². The topological polar surface area (TPSA) is 4.93 Å². The van der Waals surface area contributed by atoms with Crippen LogP contribution in [0, 0.1) is 0 Å². The number of allylic oxidation sites excluding steroid dienone is 4. The fourth-order valence-electron chi connectivity index (χ4n) is 11.6. The molecule has 0 spiro atoms. The number of fused-ring (bicyclic) bond motifs is 7. The van der Waals surface area contributed by atoms with Crippen LogP contribution in [0.25, 0.3) is 121 Å². The summed E-state index contributed by atoms with van der Waals surface area (Å²) in [6, 6.07) is 93.8. The lowest BCUT2D eigenvalue weighted by Crippen LogP contribution is -1.99. The molecule has 73 heavy (non-hydrogen) atoms. The first-order valence-electron chi connectivity index (χ1n) is 25.5. The Labute approximate surface area is 425 Å². The summed E-state index contributed by atoms with van der Waals surface area (Å²) in [5.74, 6) is 0.318. The molecule has 0 amide bonds. The van der Waals surface area contributed by atoms with Crippen molar-refractivity contribution in [3.63, 3.8) is 0 Å². The second-order valence-corrected chi connectivity index (χ2v) is 19.6. The average molecular weight is 928 g/mol. The number of hydrogen-bond donors (Lipinski definition) is 0. The molecule has 0 fully saturated rings. The Bertz CT molecular complexity index is 4280. The van der Waals surface area contributed by atoms with E-state index in [1.54, 1.807) is 0 Å². The molecule has 12 aromatic carbocycles. The Morgan fingerprint density at radius 2 is 0.753 bits per heavy atom. The Kier molecular flexibility index (Phi) is 10.4. The molecule has 1 unspecified atom stereocenters.